The highest BCUT2D eigenvalue weighted by Crippen LogP contribution is 2.17. The number of hydrogen-bond acceptors (Lipinski definition) is 3. The predicted octanol–water partition coefficient (Wildman–Crippen LogP) is 2.34. The summed E-state index contributed by atoms with van der Waals surface area (Å²) in [5.41, 5.74) is 6.39. The molecule has 2 N–H and O–H groups in total. The van der Waals surface area contributed by atoms with Crippen LogP contribution >= 0.6 is 24.0 Å². The Labute approximate surface area is 117 Å². The summed E-state index contributed by atoms with van der Waals surface area (Å²) in [5.74, 6) is 0.725. The smallest absolute Gasteiger partial charge is 0.157 e. The molecule has 0 unspecified atom stereocenters. The molecule has 0 radical (unpaired) electrons. The summed E-state index contributed by atoms with van der Waals surface area (Å²) in [4.78, 5) is 0. The van der Waals surface area contributed by atoms with Crippen LogP contribution in [0.2, 0.25) is 5.02 Å². The van der Waals surface area contributed by atoms with Gasteiger partial charge in [0, 0.05) is 11.6 Å². The standard InChI is InChI=1S/C12H14ClN3O.ClH/c13-12-4-2-1-3-10(12)8-16-9-11(7-15-16)17-6-5-14;/h1-4,7,9H,5-6,8,14H2;1H. The third kappa shape index (κ3) is 3.91. The normalized spacial score (nSPS) is 9.89. The molecular weight excluding hydrogens is 273 g/mol. The largest absolute Gasteiger partial charge is 0.489 e. The molecule has 0 bridgehead atoms. The van der Waals surface area contributed by atoms with Gasteiger partial charge in [0.25, 0.3) is 0 Å². The molecule has 0 atom stereocenters. The quantitative estimate of drug-likeness (QED) is 0.918. The number of nitrogens with zero attached hydrogens (tertiary/aromatic N) is 2. The van der Waals surface area contributed by atoms with E-state index < -0.39 is 0 Å². The van der Waals surface area contributed by atoms with Crippen molar-refractivity contribution in [3.05, 3.63) is 47.2 Å². The van der Waals surface area contributed by atoms with E-state index in [-0.39, 0.29) is 12.4 Å². The fraction of sp³-hybridized carbons (Fsp3) is 0.250. The number of rotatable bonds is 5. The second-order valence-corrected chi connectivity index (χ2v) is 4.01. The number of nitrogens with two attached hydrogens (primary N) is 1. The van der Waals surface area contributed by atoms with Crippen LogP contribution in [0.1, 0.15) is 5.56 Å². The van der Waals surface area contributed by atoms with Crippen LogP contribution in [0.25, 0.3) is 0 Å². The van der Waals surface area contributed by atoms with Crippen LogP contribution in [0, 0.1) is 0 Å². The number of ether oxygens (including phenoxy) is 1. The molecule has 0 spiro atoms. The molecule has 4 nitrogen and oxygen atoms in total. The topological polar surface area (TPSA) is 53.1 Å². The van der Waals surface area contributed by atoms with Crippen LogP contribution in [-0.2, 0) is 6.54 Å². The van der Waals surface area contributed by atoms with E-state index in [0.717, 1.165) is 16.3 Å². The first kappa shape index (κ1) is 14.8. The number of hydrogen-bond donors (Lipinski definition) is 1. The van der Waals surface area contributed by atoms with Crippen molar-refractivity contribution in [3.8, 4) is 5.75 Å². The van der Waals surface area contributed by atoms with Crippen LogP contribution in [0.15, 0.2) is 36.7 Å². The maximum Gasteiger partial charge on any atom is 0.157 e. The molecule has 98 valence electrons. The van der Waals surface area contributed by atoms with Gasteiger partial charge < -0.3 is 10.5 Å². The Bertz CT molecular complexity index is 488. The summed E-state index contributed by atoms with van der Waals surface area (Å²) in [7, 11) is 0. The van der Waals surface area contributed by atoms with Crippen molar-refractivity contribution in [3.63, 3.8) is 0 Å². The van der Waals surface area contributed by atoms with E-state index in [1.807, 2.05) is 30.5 Å². The average molecular weight is 288 g/mol. The SMILES string of the molecule is Cl.NCCOc1cnn(Cc2ccccc2Cl)c1. The van der Waals surface area contributed by atoms with Crippen LogP contribution in [0.5, 0.6) is 5.75 Å². The van der Waals surface area contributed by atoms with Crippen LogP contribution in [-0.4, -0.2) is 22.9 Å². The third-order valence-corrected chi connectivity index (χ3v) is 2.66. The van der Waals surface area contributed by atoms with Crippen molar-refractivity contribution in [1.29, 1.82) is 0 Å². The first-order valence-electron chi connectivity index (χ1n) is 5.38. The van der Waals surface area contributed by atoms with Crippen molar-refractivity contribution in [1.82, 2.24) is 9.78 Å². The lowest BCUT2D eigenvalue weighted by Gasteiger charge is -2.03. The fourth-order valence-corrected chi connectivity index (χ4v) is 1.68. The minimum absolute atomic E-state index is 0. The van der Waals surface area contributed by atoms with Crippen LogP contribution in [0.3, 0.4) is 0 Å². The minimum Gasteiger partial charge on any atom is -0.489 e. The van der Waals surface area contributed by atoms with Gasteiger partial charge in [-0.3, -0.25) is 4.68 Å². The summed E-state index contributed by atoms with van der Waals surface area (Å²) in [6.07, 6.45) is 3.51. The first-order chi connectivity index (χ1) is 8.29. The molecule has 0 saturated carbocycles. The maximum absolute atomic E-state index is 6.08. The Balaban J connectivity index is 0.00000162. The Hall–Kier alpha value is -1.23. The van der Waals surface area contributed by atoms with Crippen LogP contribution in [0.4, 0.5) is 0 Å². The molecule has 0 aliphatic carbocycles. The number of benzene rings is 1. The maximum atomic E-state index is 6.08. The van der Waals surface area contributed by atoms with Crippen molar-refractivity contribution in [2.75, 3.05) is 13.2 Å². The van der Waals surface area contributed by atoms with Gasteiger partial charge in [-0.05, 0) is 11.6 Å². The lowest BCUT2D eigenvalue weighted by atomic mass is 10.2. The van der Waals surface area contributed by atoms with E-state index in [2.05, 4.69) is 5.10 Å². The molecule has 18 heavy (non-hydrogen) atoms. The molecule has 0 aliphatic rings. The minimum atomic E-state index is 0. The Morgan fingerprint density at radius 2 is 2.11 bits per heavy atom. The highest BCUT2D eigenvalue weighted by molar-refractivity contribution is 6.31. The molecule has 0 aliphatic heterocycles. The summed E-state index contributed by atoms with van der Waals surface area (Å²) in [6.45, 7) is 1.62. The summed E-state index contributed by atoms with van der Waals surface area (Å²) in [5, 5.41) is 4.94. The van der Waals surface area contributed by atoms with Crippen molar-refractivity contribution >= 4 is 24.0 Å². The molecule has 6 heteroatoms. The first-order valence-corrected chi connectivity index (χ1v) is 5.76. The zero-order valence-electron chi connectivity index (χ0n) is 9.75. The highest BCUT2D eigenvalue weighted by atomic mass is 35.5. The molecule has 0 amide bonds. The highest BCUT2D eigenvalue weighted by Gasteiger charge is 2.03. The van der Waals surface area contributed by atoms with Gasteiger partial charge in [0.05, 0.1) is 18.9 Å². The van der Waals surface area contributed by atoms with Gasteiger partial charge in [-0.2, -0.15) is 5.10 Å². The summed E-state index contributed by atoms with van der Waals surface area (Å²) >= 11 is 6.08. The molecule has 0 saturated heterocycles. The van der Waals surface area contributed by atoms with E-state index >= 15 is 0 Å². The molecule has 2 aromatic rings. The second-order valence-electron chi connectivity index (χ2n) is 3.60. The van der Waals surface area contributed by atoms with E-state index in [4.69, 9.17) is 22.1 Å². The van der Waals surface area contributed by atoms with Gasteiger partial charge in [0.15, 0.2) is 5.75 Å². The van der Waals surface area contributed by atoms with E-state index in [9.17, 15) is 0 Å². The van der Waals surface area contributed by atoms with E-state index in [0.29, 0.717) is 19.7 Å². The van der Waals surface area contributed by atoms with Gasteiger partial charge in [-0.25, -0.2) is 0 Å². The van der Waals surface area contributed by atoms with Gasteiger partial charge in [0.1, 0.15) is 6.61 Å². The average Bonchev–Trinajstić information content (AvgIpc) is 2.77. The van der Waals surface area contributed by atoms with E-state index in [1.165, 1.54) is 0 Å². The fourth-order valence-electron chi connectivity index (χ4n) is 1.48. The van der Waals surface area contributed by atoms with Crippen molar-refractivity contribution < 1.29 is 4.74 Å². The monoisotopic (exact) mass is 287 g/mol. The number of halogens is 2. The second kappa shape index (κ2) is 7.26. The van der Waals surface area contributed by atoms with Gasteiger partial charge in [-0.1, -0.05) is 29.8 Å². The summed E-state index contributed by atoms with van der Waals surface area (Å²) in [6, 6.07) is 7.71. The van der Waals surface area contributed by atoms with Gasteiger partial charge in [-0.15, -0.1) is 12.4 Å². The Kier molecular flexibility index (Phi) is 5.98. The zero-order chi connectivity index (χ0) is 12.1. The lowest BCUT2D eigenvalue weighted by Crippen LogP contribution is -2.10. The molecule has 2 rings (SSSR count). The third-order valence-electron chi connectivity index (χ3n) is 2.29. The van der Waals surface area contributed by atoms with Gasteiger partial charge >= 0.3 is 0 Å². The zero-order valence-corrected chi connectivity index (χ0v) is 11.3. The summed E-state index contributed by atoms with van der Waals surface area (Å²) < 4.78 is 7.15. The van der Waals surface area contributed by atoms with E-state index in [1.54, 1.807) is 10.9 Å². The molecule has 0 fully saturated rings. The lowest BCUT2D eigenvalue weighted by molar-refractivity contribution is 0.328. The Morgan fingerprint density at radius 3 is 2.83 bits per heavy atom. The molecule has 1 aromatic heterocycles. The molecule has 1 aromatic carbocycles. The molecular formula is C12H15Cl2N3O. The van der Waals surface area contributed by atoms with Crippen molar-refractivity contribution in [2.24, 2.45) is 5.73 Å². The molecule has 1 heterocycles. The van der Waals surface area contributed by atoms with Crippen LogP contribution < -0.4 is 10.5 Å². The number of aromatic nitrogens is 2. The van der Waals surface area contributed by atoms with Crippen molar-refractivity contribution in [2.45, 2.75) is 6.54 Å². The van der Waals surface area contributed by atoms with Gasteiger partial charge in [0.2, 0.25) is 0 Å². The Morgan fingerprint density at radius 1 is 1.33 bits per heavy atom. The predicted molar refractivity (Wildman–Crippen MR) is 74.6 cm³/mol.